The Balaban J connectivity index is 1.30. The van der Waals surface area contributed by atoms with E-state index in [2.05, 4.69) is 20.4 Å². The maximum atomic E-state index is 12.9. The van der Waals surface area contributed by atoms with Gasteiger partial charge in [-0.15, -0.1) is 0 Å². The van der Waals surface area contributed by atoms with Crippen molar-refractivity contribution >= 4 is 23.2 Å². The molecule has 2 aromatic carbocycles. The van der Waals surface area contributed by atoms with E-state index in [-0.39, 0.29) is 17.7 Å². The largest absolute Gasteiger partial charge is 0.339 e. The summed E-state index contributed by atoms with van der Waals surface area (Å²) in [6, 6.07) is 15.8. The Bertz CT molecular complexity index is 1030. The number of piperidine rings is 1. The average Bonchev–Trinajstić information content (AvgIpc) is 3.26. The molecule has 7 heteroatoms. The molecule has 0 saturated carbocycles. The number of carbonyl (C=O) groups is 1. The molecule has 1 aromatic heterocycles. The minimum atomic E-state index is -0.00971. The topological polar surface area (TPSA) is 71.3 Å². The van der Waals surface area contributed by atoms with Crippen molar-refractivity contribution in [1.82, 2.24) is 15.0 Å². The Labute approximate surface area is 194 Å². The third-order valence-electron chi connectivity index (χ3n) is 5.76. The third kappa shape index (κ3) is 5.96. The van der Waals surface area contributed by atoms with E-state index in [4.69, 9.17) is 16.1 Å². The zero-order valence-electron chi connectivity index (χ0n) is 18.6. The Morgan fingerprint density at radius 2 is 1.88 bits per heavy atom. The van der Waals surface area contributed by atoms with E-state index in [0.717, 1.165) is 48.7 Å². The van der Waals surface area contributed by atoms with Crippen molar-refractivity contribution in [3.8, 4) is 0 Å². The molecule has 1 aliphatic heterocycles. The first-order valence-electron chi connectivity index (χ1n) is 11.2. The second-order valence-corrected chi connectivity index (χ2v) is 9.20. The molecule has 0 bridgehead atoms. The number of nitrogens with one attached hydrogen (secondary N) is 1. The lowest BCUT2D eigenvalue weighted by molar-refractivity contribution is -0.121. The summed E-state index contributed by atoms with van der Waals surface area (Å²) in [6.45, 7) is 6.67. The van der Waals surface area contributed by atoms with E-state index in [1.165, 1.54) is 5.56 Å². The molecular formula is C25H29ClN4O2. The van der Waals surface area contributed by atoms with Crippen molar-refractivity contribution in [2.24, 2.45) is 5.92 Å². The van der Waals surface area contributed by atoms with Gasteiger partial charge < -0.3 is 9.84 Å². The minimum Gasteiger partial charge on any atom is -0.339 e. The van der Waals surface area contributed by atoms with Crippen molar-refractivity contribution in [1.29, 1.82) is 0 Å². The first kappa shape index (κ1) is 22.5. The van der Waals surface area contributed by atoms with Crippen LogP contribution in [0.5, 0.6) is 0 Å². The summed E-state index contributed by atoms with van der Waals surface area (Å²) in [5.41, 5.74) is 3.10. The molecule has 6 nitrogen and oxygen atoms in total. The Kier molecular flexibility index (Phi) is 7.22. The predicted molar refractivity (Wildman–Crippen MR) is 126 cm³/mol. The van der Waals surface area contributed by atoms with Crippen LogP contribution in [0, 0.1) is 5.92 Å². The second kappa shape index (κ2) is 10.3. The zero-order valence-corrected chi connectivity index (χ0v) is 19.3. The Morgan fingerprint density at radius 1 is 1.16 bits per heavy atom. The summed E-state index contributed by atoms with van der Waals surface area (Å²) in [5.74, 6) is 1.62. The first-order chi connectivity index (χ1) is 15.5. The highest BCUT2D eigenvalue weighted by Gasteiger charge is 2.26. The van der Waals surface area contributed by atoms with Gasteiger partial charge in [0.2, 0.25) is 11.8 Å². The van der Waals surface area contributed by atoms with Crippen molar-refractivity contribution in [3.63, 3.8) is 0 Å². The summed E-state index contributed by atoms with van der Waals surface area (Å²) in [4.78, 5) is 19.6. The number of aromatic nitrogens is 2. The van der Waals surface area contributed by atoms with Crippen molar-refractivity contribution in [3.05, 3.63) is 76.4 Å². The molecule has 1 N–H and O–H groups in total. The lowest BCUT2D eigenvalue weighted by Gasteiger charge is -2.32. The van der Waals surface area contributed by atoms with Crippen molar-refractivity contribution in [2.75, 3.05) is 18.4 Å². The fraction of sp³-hybridized carbons (Fsp3) is 0.400. The third-order valence-corrected chi connectivity index (χ3v) is 6.01. The molecule has 3 aromatic rings. The van der Waals surface area contributed by atoms with Crippen molar-refractivity contribution in [2.45, 2.75) is 45.6 Å². The maximum Gasteiger partial charge on any atom is 0.229 e. The molecule has 2 heterocycles. The summed E-state index contributed by atoms with van der Waals surface area (Å²) in [5, 5.41) is 7.86. The van der Waals surface area contributed by atoms with Crippen LogP contribution in [-0.2, 0) is 17.8 Å². The van der Waals surface area contributed by atoms with Crippen molar-refractivity contribution < 1.29 is 9.32 Å². The van der Waals surface area contributed by atoms with Gasteiger partial charge in [-0.2, -0.15) is 4.98 Å². The maximum absolute atomic E-state index is 12.9. The molecule has 0 aliphatic carbocycles. The van der Waals surface area contributed by atoms with Crippen LogP contribution in [-0.4, -0.2) is 34.0 Å². The lowest BCUT2D eigenvalue weighted by Crippen LogP contribution is -2.40. The molecule has 32 heavy (non-hydrogen) atoms. The summed E-state index contributed by atoms with van der Waals surface area (Å²) >= 11 is 5.98. The number of halogens is 1. The van der Waals surface area contributed by atoms with Gasteiger partial charge in [0.05, 0.1) is 5.92 Å². The highest BCUT2D eigenvalue weighted by molar-refractivity contribution is 6.30. The van der Waals surface area contributed by atoms with Crippen LogP contribution >= 0.6 is 11.6 Å². The highest BCUT2D eigenvalue weighted by Crippen LogP contribution is 2.22. The van der Waals surface area contributed by atoms with Gasteiger partial charge >= 0.3 is 0 Å². The van der Waals surface area contributed by atoms with Gasteiger partial charge in [-0.3, -0.25) is 9.69 Å². The molecule has 1 atom stereocenters. The smallest absolute Gasteiger partial charge is 0.229 e. The van der Waals surface area contributed by atoms with Crippen LogP contribution in [0.15, 0.2) is 53.1 Å². The van der Waals surface area contributed by atoms with Gasteiger partial charge in [0, 0.05) is 36.1 Å². The molecule has 0 radical (unpaired) electrons. The van der Waals surface area contributed by atoms with Crippen LogP contribution < -0.4 is 5.32 Å². The summed E-state index contributed by atoms with van der Waals surface area (Å²) < 4.78 is 5.27. The molecule has 168 valence electrons. The van der Waals surface area contributed by atoms with Gasteiger partial charge in [-0.25, -0.2) is 0 Å². The average molecular weight is 453 g/mol. The van der Waals surface area contributed by atoms with Crippen LogP contribution in [0.1, 0.15) is 55.4 Å². The monoisotopic (exact) mass is 452 g/mol. The standard InChI is InChI=1S/C25H29ClN4O2/c1-17(2)25-28-23(29-32-25)14-18-7-11-22(12-8-18)27-24(31)20-4-3-13-30(16-20)15-19-5-9-21(26)10-6-19/h5-12,17,20H,3-4,13-16H2,1-2H3,(H,27,31). The summed E-state index contributed by atoms with van der Waals surface area (Å²) in [6.07, 6.45) is 2.54. The number of nitrogens with zero attached hydrogens (tertiary/aromatic N) is 3. The van der Waals surface area contributed by atoms with Gasteiger partial charge in [0.1, 0.15) is 0 Å². The van der Waals surface area contributed by atoms with Crippen LogP contribution in [0.2, 0.25) is 5.02 Å². The van der Waals surface area contributed by atoms with E-state index in [1.807, 2.05) is 62.4 Å². The predicted octanol–water partition coefficient (Wildman–Crippen LogP) is 5.29. The number of rotatable bonds is 7. The Morgan fingerprint density at radius 3 is 2.56 bits per heavy atom. The molecule has 1 amide bonds. The van der Waals surface area contributed by atoms with Gasteiger partial charge in [0.25, 0.3) is 0 Å². The molecular weight excluding hydrogens is 424 g/mol. The van der Waals surface area contributed by atoms with Crippen LogP contribution in [0.3, 0.4) is 0 Å². The Hall–Kier alpha value is -2.70. The number of amides is 1. The normalized spacial score (nSPS) is 16.9. The first-order valence-corrected chi connectivity index (χ1v) is 11.5. The molecule has 1 aliphatic rings. The fourth-order valence-electron chi connectivity index (χ4n) is 3.97. The second-order valence-electron chi connectivity index (χ2n) is 8.77. The molecule has 1 unspecified atom stereocenters. The minimum absolute atomic E-state index is 0.00971. The van der Waals surface area contributed by atoms with Crippen LogP contribution in [0.25, 0.3) is 0 Å². The number of anilines is 1. The number of hydrogen-bond donors (Lipinski definition) is 1. The van der Waals surface area contributed by atoms with E-state index in [9.17, 15) is 4.79 Å². The SMILES string of the molecule is CC(C)c1nc(Cc2ccc(NC(=O)C3CCCN(Cc4ccc(Cl)cc4)C3)cc2)no1. The zero-order chi connectivity index (χ0) is 22.5. The molecule has 1 saturated heterocycles. The number of hydrogen-bond acceptors (Lipinski definition) is 5. The van der Waals surface area contributed by atoms with Gasteiger partial charge in [-0.05, 0) is 54.8 Å². The van der Waals surface area contributed by atoms with E-state index in [1.54, 1.807) is 0 Å². The summed E-state index contributed by atoms with van der Waals surface area (Å²) in [7, 11) is 0. The highest BCUT2D eigenvalue weighted by atomic mass is 35.5. The fourth-order valence-corrected chi connectivity index (χ4v) is 4.09. The number of carbonyl (C=O) groups excluding carboxylic acids is 1. The number of benzene rings is 2. The van der Waals surface area contributed by atoms with E-state index in [0.29, 0.717) is 18.1 Å². The van der Waals surface area contributed by atoms with Gasteiger partial charge in [-0.1, -0.05) is 54.9 Å². The number of likely N-dealkylation sites (tertiary alicyclic amines) is 1. The quantitative estimate of drug-likeness (QED) is 0.527. The van der Waals surface area contributed by atoms with Crippen LogP contribution in [0.4, 0.5) is 5.69 Å². The lowest BCUT2D eigenvalue weighted by atomic mass is 9.96. The van der Waals surface area contributed by atoms with Gasteiger partial charge in [0.15, 0.2) is 5.82 Å². The molecule has 1 fully saturated rings. The molecule has 4 rings (SSSR count). The van der Waals surface area contributed by atoms with E-state index >= 15 is 0 Å². The van der Waals surface area contributed by atoms with E-state index < -0.39 is 0 Å². The molecule has 0 spiro atoms.